The van der Waals surface area contributed by atoms with Crippen molar-refractivity contribution in [3.05, 3.63) is 65.7 Å². The van der Waals surface area contributed by atoms with Crippen LogP contribution >= 0.6 is 0 Å². The Morgan fingerprint density at radius 2 is 1.85 bits per heavy atom. The van der Waals surface area contributed by atoms with Crippen LogP contribution in [-0.4, -0.2) is 29.3 Å². The summed E-state index contributed by atoms with van der Waals surface area (Å²) < 4.78 is 0. The fourth-order valence-corrected chi connectivity index (χ4v) is 3.44. The smallest absolute Gasteiger partial charge is 0.228 e. The van der Waals surface area contributed by atoms with E-state index >= 15 is 0 Å². The van der Waals surface area contributed by atoms with Crippen molar-refractivity contribution in [2.45, 2.75) is 32.9 Å². The summed E-state index contributed by atoms with van der Waals surface area (Å²) in [6.45, 7) is 4.81. The van der Waals surface area contributed by atoms with Crippen molar-refractivity contribution in [3.8, 4) is 6.07 Å². The summed E-state index contributed by atoms with van der Waals surface area (Å²) in [6.07, 6.45) is 0.177. The Morgan fingerprint density at radius 3 is 2.52 bits per heavy atom. The van der Waals surface area contributed by atoms with Crippen LogP contribution in [0, 0.1) is 17.2 Å². The summed E-state index contributed by atoms with van der Waals surface area (Å²) in [7, 11) is 0. The van der Waals surface area contributed by atoms with E-state index in [0.717, 1.165) is 5.56 Å². The highest BCUT2D eigenvalue weighted by atomic mass is 16.2. The second-order valence-corrected chi connectivity index (χ2v) is 7.08. The molecule has 1 aliphatic rings. The van der Waals surface area contributed by atoms with Gasteiger partial charge in [-0.3, -0.25) is 9.59 Å². The van der Waals surface area contributed by atoms with Crippen molar-refractivity contribution >= 4 is 17.5 Å². The molecule has 0 radical (unpaired) electrons. The molecule has 0 bridgehead atoms. The van der Waals surface area contributed by atoms with Crippen LogP contribution in [0.15, 0.2) is 54.6 Å². The standard InChI is InChI=1S/C22H23N3O2/c1-16(2)24(14-17-8-4-3-5-9-17)22(27)19-12-21(26)25(15-19)20-11-7-6-10-18(20)13-23/h3-11,16,19H,12,14-15H2,1-2H3. The summed E-state index contributed by atoms with van der Waals surface area (Å²) >= 11 is 0. The van der Waals surface area contributed by atoms with Crippen molar-refractivity contribution in [2.75, 3.05) is 11.4 Å². The van der Waals surface area contributed by atoms with Gasteiger partial charge in [0.05, 0.1) is 17.2 Å². The Balaban J connectivity index is 1.78. The van der Waals surface area contributed by atoms with Crippen molar-refractivity contribution in [1.29, 1.82) is 5.26 Å². The van der Waals surface area contributed by atoms with Gasteiger partial charge < -0.3 is 9.80 Å². The number of hydrogen-bond acceptors (Lipinski definition) is 3. The molecule has 1 aliphatic heterocycles. The predicted molar refractivity (Wildman–Crippen MR) is 104 cm³/mol. The van der Waals surface area contributed by atoms with Crippen molar-refractivity contribution in [3.63, 3.8) is 0 Å². The van der Waals surface area contributed by atoms with Crippen LogP contribution in [-0.2, 0) is 16.1 Å². The minimum atomic E-state index is -0.393. The normalized spacial score (nSPS) is 16.4. The first-order valence-electron chi connectivity index (χ1n) is 9.15. The first kappa shape index (κ1) is 18.7. The molecule has 1 heterocycles. The van der Waals surface area contributed by atoms with Crippen LogP contribution in [0.4, 0.5) is 5.69 Å². The van der Waals surface area contributed by atoms with E-state index in [-0.39, 0.29) is 24.3 Å². The summed E-state index contributed by atoms with van der Waals surface area (Å²) in [4.78, 5) is 29.1. The number of nitriles is 1. The van der Waals surface area contributed by atoms with Crippen molar-refractivity contribution in [1.82, 2.24) is 4.90 Å². The third-order valence-corrected chi connectivity index (χ3v) is 4.89. The van der Waals surface area contributed by atoms with Gasteiger partial charge >= 0.3 is 0 Å². The van der Waals surface area contributed by atoms with E-state index < -0.39 is 5.92 Å². The number of nitrogens with zero attached hydrogens (tertiary/aromatic N) is 3. The van der Waals surface area contributed by atoms with Crippen LogP contribution in [0.1, 0.15) is 31.4 Å². The molecule has 138 valence electrons. The molecule has 2 aromatic carbocycles. The van der Waals surface area contributed by atoms with E-state index in [0.29, 0.717) is 24.3 Å². The lowest BCUT2D eigenvalue weighted by atomic mass is 10.0. The molecular formula is C22H23N3O2. The van der Waals surface area contributed by atoms with Gasteiger partial charge in [0.1, 0.15) is 6.07 Å². The summed E-state index contributed by atoms with van der Waals surface area (Å²) in [6, 6.07) is 19.0. The average Bonchev–Trinajstić information content (AvgIpc) is 3.07. The van der Waals surface area contributed by atoms with Gasteiger partial charge in [-0.2, -0.15) is 5.26 Å². The van der Waals surface area contributed by atoms with Gasteiger partial charge in [-0.05, 0) is 31.5 Å². The number of hydrogen-bond donors (Lipinski definition) is 0. The van der Waals surface area contributed by atoms with Gasteiger partial charge in [0.15, 0.2) is 0 Å². The fourth-order valence-electron chi connectivity index (χ4n) is 3.44. The van der Waals surface area contributed by atoms with E-state index in [1.165, 1.54) is 0 Å². The minimum Gasteiger partial charge on any atom is -0.336 e. The summed E-state index contributed by atoms with van der Waals surface area (Å²) in [5, 5.41) is 9.30. The average molecular weight is 361 g/mol. The highest BCUT2D eigenvalue weighted by Gasteiger charge is 2.38. The van der Waals surface area contributed by atoms with E-state index in [1.54, 1.807) is 29.2 Å². The molecular weight excluding hydrogens is 338 g/mol. The highest BCUT2D eigenvalue weighted by molar-refractivity contribution is 6.01. The molecule has 0 spiro atoms. The Bertz CT molecular complexity index is 871. The Kier molecular flexibility index (Phi) is 5.56. The molecule has 1 unspecified atom stereocenters. The number of benzene rings is 2. The molecule has 1 atom stereocenters. The number of anilines is 1. The van der Waals surface area contributed by atoms with Gasteiger partial charge in [0.2, 0.25) is 11.8 Å². The fraction of sp³-hybridized carbons (Fsp3) is 0.318. The second kappa shape index (κ2) is 8.05. The maximum Gasteiger partial charge on any atom is 0.228 e. The Labute approximate surface area is 159 Å². The lowest BCUT2D eigenvalue weighted by molar-refractivity contribution is -0.138. The van der Waals surface area contributed by atoms with E-state index in [1.807, 2.05) is 49.1 Å². The zero-order chi connectivity index (χ0) is 19.4. The molecule has 5 heteroatoms. The van der Waals surface area contributed by atoms with Crippen LogP contribution in [0.25, 0.3) is 0 Å². The predicted octanol–water partition coefficient (Wildman–Crippen LogP) is 3.35. The third kappa shape index (κ3) is 4.01. The van der Waals surface area contributed by atoms with Crippen molar-refractivity contribution < 1.29 is 9.59 Å². The number of para-hydroxylation sites is 1. The van der Waals surface area contributed by atoms with Crippen LogP contribution in [0.2, 0.25) is 0 Å². The zero-order valence-corrected chi connectivity index (χ0v) is 15.6. The van der Waals surface area contributed by atoms with E-state index in [9.17, 15) is 14.9 Å². The SMILES string of the molecule is CC(C)N(Cc1ccccc1)C(=O)C1CC(=O)N(c2ccccc2C#N)C1. The van der Waals surface area contributed by atoms with Gasteiger partial charge in [0, 0.05) is 25.6 Å². The summed E-state index contributed by atoms with van der Waals surface area (Å²) in [5.74, 6) is -0.519. The van der Waals surface area contributed by atoms with E-state index in [2.05, 4.69) is 6.07 Å². The van der Waals surface area contributed by atoms with Gasteiger partial charge in [-0.25, -0.2) is 0 Å². The lowest BCUT2D eigenvalue weighted by Crippen LogP contribution is -2.41. The number of carbonyl (C=O) groups excluding carboxylic acids is 2. The maximum absolute atomic E-state index is 13.2. The molecule has 0 aliphatic carbocycles. The van der Waals surface area contributed by atoms with Crippen molar-refractivity contribution in [2.24, 2.45) is 5.92 Å². The monoisotopic (exact) mass is 361 g/mol. The van der Waals surface area contributed by atoms with E-state index in [4.69, 9.17) is 0 Å². The number of carbonyl (C=O) groups is 2. The number of rotatable bonds is 5. The molecule has 5 nitrogen and oxygen atoms in total. The highest BCUT2D eigenvalue weighted by Crippen LogP contribution is 2.29. The molecule has 0 aromatic heterocycles. The lowest BCUT2D eigenvalue weighted by Gasteiger charge is -2.29. The summed E-state index contributed by atoms with van der Waals surface area (Å²) in [5.41, 5.74) is 2.10. The first-order valence-corrected chi connectivity index (χ1v) is 9.15. The van der Waals surface area contributed by atoms with Gasteiger partial charge in [0.25, 0.3) is 0 Å². The molecule has 2 amide bonds. The number of amides is 2. The minimum absolute atomic E-state index is 0.0147. The molecule has 1 fully saturated rings. The quantitative estimate of drug-likeness (QED) is 0.820. The third-order valence-electron chi connectivity index (χ3n) is 4.89. The van der Waals surface area contributed by atoms with Gasteiger partial charge in [-0.1, -0.05) is 42.5 Å². The molecule has 1 saturated heterocycles. The first-order chi connectivity index (χ1) is 13.0. The topological polar surface area (TPSA) is 64.4 Å². The molecule has 0 saturated carbocycles. The van der Waals surface area contributed by atoms with Gasteiger partial charge in [-0.15, -0.1) is 0 Å². The molecule has 0 N–H and O–H groups in total. The molecule has 3 rings (SSSR count). The second-order valence-electron chi connectivity index (χ2n) is 7.08. The molecule has 2 aromatic rings. The zero-order valence-electron chi connectivity index (χ0n) is 15.6. The Morgan fingerprint density at radius 1 is 1.19 bits per heavy atom. The van der Waals surface area contributed by atoms with Crippen LogP contribution in [0.5, 0.6) is 0 Å². The molecule has 27 heavy (non-hydrogen) atoms. The maximum atomic E-state index is 13.2. The van der Waals surface area contributed by atoms with Crippen LogP contribution in [0.3, 0.4) is 0 Å². The largest absolute Gasteiger partial charge is 0.336 e. The van der Waals surface area contributed by atoms with Crippen LogP contribution < -0.4 is 4.90 Å². The Hall–Kier alpha value is -3.13.